The number of carbonyl (C=O) groups excluding carboxylic acids is 1. The molecule has 4 nitrogen and oxygen atoms in total. The Kier molecular flexibility index (Phi) is 6.85. The minimum Gasteiger partial charge on any atom is -0.351 e. The highest BCUT2D eigenvalue weighted by atomic mass is 35.5. The highest BCUT2D eigenvalue weighted by Crippen LogP contribution is 2.23. The third-order valence-corrected chi connectivity index (χ3v) is 3.92. The Bertz CT molecular complexity index is 660. The van der Waals surface area contributed by atoms with Crippen molar-refractivity contribution in [2.24, 2.45) is 5.73 Å². The number of aromatic nitrogens is 1. The lowest BCUT2D eigenvalue weighted by atomic mass is 10.0. The minimum absolute atomic E-state index is 0. The summed E-state index contributed by atoms with van der Waals surface area (Å²) in [4.78, 5) is 12.2. The van der Waals surface area contributed by atoms with Crippen molar-refractivity contribution in [3.63, 3.8) is 0 Å². The molecule has 0 radical (unpaired) electrons. The second-order valence-corrected chi connectivity index (χ2v) is 5.91. The molecule has 1 amide bonds. The van der Waals surface area contributed by atoms with Gasteiger partial charge >= 0.3 is 0 Å². The summed E-state index contributed by atoms with van der Waals surface area (Å²) in [7, 11) is 0. The molecule has 0 saturated heterocycles. The number of hydrogen-bond donors (Lipinski definition) is 2. The van der Waals surface area contributed by atoms with Crippen LogP contribution in [0.3, 0.4) is 0 Å². The number of nitrogens with zero attached hydrogens (tertiary/aromatic N) is 1. The van der Waals surface area contributed by atoms with Crippen LogP contribution in [0.25, 0.3) is 5.69 Å². The zero-order valence-electron chi connectivity index (χ0n) is 14.2. The molecule has 0 bridgehead atoms. The first-order valence-corrected chi connectivity index (χ1v) is 7.73. The van der Waals surface area contributed by atoms with Crippen LogP contribution in [-0.4, -0.2) is 23.6 Å². The molecule has 1 heterocycles. The van der Waals surface area contributed by atoms with Crippen molar-refractivity contribution in [1.82, 2.24) is 9.88 Å². The second kappa shape index (κ2) is 8.18. The second-order valence-electron chi connectivity index (χ2n) is 5.91. The molecule has 1 aromatic carbocycles. The molecule has 23 heavy (non-hydrogen) atoms. The van der Waals surface area contributed by atoms with Crippen molar-refractivity contribution in [2.45, 2.75) is 33.6 Å². The average molecular weight is 336 g/mol. The monoisotopic (exact) mass is 335 g/mol. The van der Waals surface area contributed by atoms with E-state index in [1.54, 1.807) is 0 Å². The van der Waals surface area contributed by atoms with Gasteiger partial charge < -0.3 is 15.6 Å². The van der Waals surface area contributed by atoms with Gasteiger partial charge in [-0.1, -0.05) is 26.0 Å². The van der Waals surface area contributed by atoms with E-state index < -0.39 is 0 Å². The first-order chi connectivity index (χ1) is 10.5. The molecule has 2 rings (SSSR count). The molecule has 1 aromatic heterocycles. The number of nitrogens with one attached hydrogen (secondary N) is 1. The Balaban J connectivity index is 0.00000264. The lowest BCUT2D eigenvalue weighted by Gasteiger charge is -2.12. The zero-order valence-corrected chi connectivity index (χ0v) is 15.0. The van der Waals surface area contributed by atoms with Crippen molar-refractivity contribution in [1.29, 1.82) is 0 Å². The lowest BCUT2D eigenvalue weighted by molar-refractivity contribution is 0.0954. The predicted octanol–water partition coefficient (Wildman–Crippen LogP) is 3.33. The molecule has 0 aliphatic carbocycles. The molecule has 0 aliphatic heterocycles. The first-order valence-electron chi connectivity index (χ1n) is 7.73. The van der Waals surface area contributed by atoms with Gasteiger partial charge in [-0.2, -0.15) is 0 Å². The van der Waals surface area contributed by atoms with Crippen molar-refractivity contribution < 1.29 is 4.79 Å². The molecule has 0 saturated carbocycles. The van der Waals surface area contributed by atoms with E-state index in [-0.39, 0.29) is 18.3 Å². The number of aryl methyl sites for hydroxylation is 1. The summed E-state index contributed by atoms with van der Waals surface area (Å²) < 4.78 is 2.11. The highest BCUT2D eigenvalue weighted by molar-refractivity contribution is 5.95. The van der Waals surface area contributed by atoms with Crippen LogP contribution in [-0.2, 0) is 0 Å². The maximum atomic E-state index is 12.2. The molecule has 2 aromatic rings. The van der Waals surface area contributed by atoms with Crippen LogP contribution in [0.2, 0.25) is 0 Å². The van der Waals surface area contributed by atoms with E-state index in [9.17, 15) is 4.79 Å². The molecule has 0 aliphatic rings. The Morgan fingerprint density at radius 1 is 1.22 bits per heavy atom. The fraction of sp³-hybridized carbons (Fsp3) is 0.389. The molecule has 0 atom stereocenters. The van der Waals surface area contributed by atoms with Gasteiger partial charge in [0.2, 0.25) is 0 Å². The molecule has 3 N–H and O–H groups in total. The summed E-state index contributed by atoms with van der Waals surface area (Å²) in [6, 6.07) is 10.4. The Labute approximate surface area is 144 Å². The number of benzene rings is 1. The van der Waals surface area contributed by atoms with Gasteiger partial charge in [0.15, 0.2) is 0 Å². The van der Waals surface area contributed by atoms with Crippen LogP contribution in [0.15, 0.2) is 30.3 Å². The summed E-state index contributed by atoms with van der Waals surface area (Å²) in [6.45, 7) is 9.29. The topological polar surface area (TPSA) is 60.1 Å². The summed E-state index contributed by atoms with van der Waals surface area (Å²) >= 11 is 0. The number of hydrogen-bond acceptors (Lipinski definition) is 2. The smallest absolute Gasteiger partial charge is 0.253 e. The Hall–Kier alpha value is -1.78. The van der Waals surface area contributed by atoms with E-state index in [1.807, 2.05) is 19.9 Å². The Morgan fingerprint density at radius 3 is 2.35 bits per heavy atom. The van der Waals surface area contributed by atoms with Crippen LogP contribution in [0.5, 0.6) is 0 Å². The summed E-state index contributed by atoms with van der Waals surface area (Å²) in [5, 5.41) is 2.83. The fourth-order valence-corrected chi connectivity index (χ4v) is 2.68. The van der Waals surface area contributed by atoms with Crippen LogP contribution >= 0.6 is 12.4 Å². The van der Waals surface area contributed by atoms with Gasteiger partial charge in [-0.05, 0) is 43.5 Å². The van der Waals surface area contributed by atoms with Crippen LogP contribution in [0.4, 0.5) is 0 Å². The standard InChI is InChI=1S/C18H25N3O.ClH/c1-12(2)15-5-7-16(8-6-15)21-13(3)11-17(14(21)4)18(22)20-10-9-19;/h5-8,11-12H,9-10,19H2,1-4H3,(H,20,22);1H. The summed E-state index contributed by atoms with van der Waals surface area (Å²) in [5.74, 6) is 0.446. The van der Waals surface area contributed by atoms with Gasteiger partial charge in [-0.15, -0.1) is 12.4 Å². The number of carbonyl (C=O) groups is 1. The largest absolute Gasteiger partial charge is 0.351 e. The third-order valence-electron chi connectivity index (χ3n) is 3.92. The van der Waals surface area contributed by atoms with Gasteiger partial charge in [0, 0.05) is 30.2 Å². The normalized spacial score (nSPS) is 10.5. The van der Waals surface area contributed by atoms with E-state index in [2.05, 4.69) is 48.0 Å². The molecule has 0 unspecified atom stereocenters. The molecule has 5 heteroatoms. The third kappa shape index (κ3) is 4.15. The van der Waals surface area contributed by atoms with E-state index >= 15 is 0 Å². The maximum Gasteiger partial charge on any atom is 0.253 e. The summed E-state index contributed by atoms with van der Waals surface area (Å²) in [6.07, 6.45) is 0. The summed E-state index contributed by atoms with van der Waals surface area (Å²) in [5.41, 5.74) is 10.5. The highest BCUT2D eigenvalue weighted by Gasteiger charge is 2.16. The van der Waals surface area contributed by atoms with Gasteiger partial charge in [0.25, 0.3) is 5.91 Å². The van der Waals surface area contributed by atoms with Gasteiger partial charge in [-0.25, -0.2) is 0 Å². The molecule has 126 valence electrons. The zero-order chi connectivity index (χ0) is 16.3. The van der Waals surface area contributed by atoms with Gasteiger partial charge in [0.1, 0.15) is 0 Å². The van der Waals surface area contributed by atoms with E-state index in [4.69, 9.17) is 5.73 Å². The molecular formula is C18H26ClN3O. The van der Waals surface area contributed by atoms with Gasteiger partial charge in [0.05, 0.1) is 5.56 Å². The van der Waals surface area contributed by atoms with Gasteiger partial charge in [-0.3, -0.25) is 4.79 Å². The number of rotatable bonds is 5. The van der Waals surface area contributed by atoms with Crippen molar-refractivity contribution in [2.75, 3.05) is 13.1 Å². The number of halogens is 1. The molecule has 0 fully saturated rings. The SMILES string of the molecule is Cc1cc(C(=O)NCCN)c(C)n1-c1ccc(C(C)C)cc1.Cl. The lowest BCUT2D eigenvalue weighted by Crippen LogP contribution is -2.29. The minimum atomic E-state index is -0.0661. The van der Waals surface area contributed by atoms with Crippen molar-refractivity contribution >= 4 is 18.3 Å². The number of amides is 1. The maximum absolute atomic E-state index is 12.2. The Morgan fingerprint density at radius 2 is 1.83 bits per heavy atom. The van der Waals surface area contributed by atoms with Crippen LogP contribution in [0, 0.1) is 13.8 Å². The average Bonchev–Trinajstić information content (AvgIpc) is 2.80. The first kappa shape index (κ1) is 19.3. The molecule has 0 spiro atoms. The van der Waals surface area contributed by atoms with Crippen LogP contribution in [0.1, 0.15) is 47.1 Å². The van der Waals surface area contributed by atoms with E-state index in [1.165, 1.54) is 5.56 Å². The molecular weight excluding hydrogens is 310 g/mol. The van der Waals surface area contributed by atoms with E-state index in [0.717, 1.165) is 17.1 Å². The van der Waals surface area contributed by atoms with E-state index in [0.29, 0.717) is 24.6 Å². The quantitative estimate of drug-likeness (QED) is 0.880. The van der Waals surface area contributed by atoms with Crippen molar-refractivity contribution in [3.8, 4) is 5.69 Å². The predicted molar refractivity (Wildman–Crippen MR) is 98.0 cm³/mol. The van der Waals surface area contributed by atoms with Crippen LogP contribution < -0.4 is 11.1 Å². The fourth-order valence-electron chi connectivity index (χ4n) is 2.68. The van der Waals surface area contributed by atoms with Crippen molar-refractivity contribution in [3.05, 3.63) is 52.8 Å². The number of nitrogens with two attached hydrogens (primary N) is 1.